The number of rotatable bonds is 6. The highest BCUT2D eigenvalue weighted by atomic mass is 32.1. The third-order valence-electron chi connectivity index (χ3n) is 2.99. The third kappa shape index (κ3) is 5.28. The largest absolute Gasteiger partial charge is 0.347 e. The van der Waals surface area contributed by atoms with E-state index < -0.39 is 0 Å². The second-order valence-corrected chi connectivity index (χ2v) is 6.96. The van der Waals surface area contributed by atoms with Crippen molar-refractivity contribution in [2.75, 3.05) is 6.54 Å². The number of nitrogens with one attached hydrogen (secondary N) is 1. The molecule has 1 rings (SSSR count). The van der Waals surface area contributed by atoms with Crippen molar-refractivity contribution in [3.8, 4) is 0 Å². The fourth-order valence-corrected chi connectivity index (χ4v) is 2.83. The summed E-state index contributed by atoms with van der Waals surface area (Å²) in [4.78, 5) is 16.6. The van der Waals surface area contributed by atoms with Crippen LogP contribution in [0.1, 0.15) is 51.6 Å². The predicted octanol–water partition coefficient (Wildman–Crippen LogP) is 2.72. The Morgan fingerprint density at radius 1 is 1.53 bits per heavy atom. The number of amides is 1. The van der Waals surface area contributed by atoms with Gasteiger partial charge in [-0.25, -0.2) is 4.98 Å². The molecule has 0 saturated heterocycles. The van der Waals surface area contributed by atoms with Crippen LogP contribution in [-0.4, -0.2) is 17.4 Å². The van der Waals surface area contributed by atoms with Crippen LogP contribution in [-0.2, 0) is 4.79 Å². The lowest BCUT2D eigenvalue weighted by Gasteiger charge is -2.26. The van der Waals surface area contributed by atoms with Crippen LogP contribution in [0.4, 0.5) is 0 Å². The summed E-state index contributed by atoms with van der Waals surface area (Å²) < 4.78 is 0. The SMILES string of the molecule is CCC(NC(=O)C(CN)CC(C)(C)C)c1nccs1. The first kappa shape index (κ1) is 16.1. The normalized spacial score (nSPS) is 15.0. The van der Waals surface area contributed by atoms with Gasteiger partial charge in [0.15, 0.2) is 0 Å². The van der Waals surface area contributed by atoms with Crippen molar-refractivity contribution >= 4 is 17.2 Å². The van der Waals surface area contributed by atoms with Crippen molar-refractivity contribution in [3.05, 3.63) is 16.6 Å². The maximum absolute atomic E-state index is 12.3. The quantitative estimate of drug-likeness (QED) is 0.843. The van der Waals surface area contributed by atoms with Gasteiger partial charge in [0.1, 0.15) is 5.01 Å². The summed E-state index contributed by atoms with van der Waals surface area (Å²) in [7, 11) is 0. The molecule has 1 aromatic rings. The molecule has 0 aliphatic heterocycles. The second kappa shape index (κ2) is 7.01. The van der Waals surface area contributed by atoms with Crippen LogP contribution in [0.15, 0.2) is 11.6 Å². The molecule has 2 atom stereocenters. The highest BCUT2D eigenvalue weighted by Gasteiger charge is 2.26. The molecule has 4 nitrogen and oxygen atoms in total. The minimum absolute atomic E-state index is 0.00141. The average Bonchev–Trinajstić information content (AvgIpc) is 2.85. The molecule has 1 heterocycles. The van der Waals surface area contributed by atoms with E-state index in [1.165, 1.54) is 0 Å². The Kier molecular flexibility index (Phi) is 5.94. The van der Waals surface area contributed by atoms with Gasteiger partial charge in [0.2, 0.25) is 5.91 Å². The molecule has 0 radical (unpaired) electrons. The van der Waals surface area contributed by atoms with Crippen LogP contribution in [0.2, 0.25) is 0 Å². The monoisotopic (exact) mass is 283 g/mol. The molecule has 5 heteroatoms. The van der Waals surface area contributed by atoms with E-state index in [9.17, 15) is 4.79 Å². The number of nitrogens with zero attached hydrogens (tertiary/aromatic N) is 1. The molecule has 1 aromatic heterocycles. The number of nitrogens with two attached hydrogens (primary N) is 1. The average molecular weight is 283 g/mol. The van der Waals surface area contributed by atoms with Gasteiger partial charge in [-0.3, -0.25) is 4.79 Å². The van der Waals surface area contributed by atoms with Gasteiger partial charge in [0, 0.05) is 18.1 Å². The lowest BCUT2D eigenvalue weighted by molar-refractivity contribution is -0.126. The van der Waals surface area contributed by atoms with Crippen LogP contribution in [0, 0.1) is 11.3 Å². The van der Waals surface area contributed by atoms with E-state index in [4.69, 9.17) is 5.73 Å². The molecule has 108 valence electrons. The van der Waals surface area contributed by atoms with Crippen LogP contribution >= 0.6 is 11.3 Å². The zero-order chi connectivity index (χ0) is 14.5. The molecule has 0 saturated carbocycles. The number of carbonyl (C=O) groups excluding carboxylic acids is 1. The summed E-state index contributed by atoms with van der Waals surface area (Å²) in [6.45, 7) is 8.81. The van der Waals surface area contributed by atoms with Gasteiger partial charge in [-0.1, -0.05) is 27.7 Å². The maximum atomic E-state index is 12.3. The van der Waals surface area contributed by atoms with Crippen molar-refractivity contribution in [2.24, 2.45) is 17.1 Å². The van der Waals surface area contributed by atoms with Gasteiger partial charge >= 0.3 is 0 Å². The molecule has 0 aliphatic carbocycles. The van der Waals surface area contributed by atoms with Gasteiger partial charge in [0.25, 0.3) is 0 Å². The summed E-state index contributed by atoms with van der Waals surface area (Å²) in [5.74, 6) is -0.0894. The van der Waals surface area contributed by atoms with Crippen LogP contribution in [0.25, 0.3) is 0 Å². The van der Waals surface area contributed by atoms with Gasteiger partial charge < -0.3 is 11.1 Å². The van der Waals surface area contributed by atoms with E-state index in [1.54, 1.807) is 17.5 Å². The summed E-state index contributed by atoms with van der Waals surface area (Å²) in [5, 5.41) is 5.96. The Bertz CT molecular complexity index is 384. The van der Waals surface area contributed by atoms with Crippen molar-refractivity contribution < 1.29 is 4.79 Å². The summed E-state index contributed by atoms with van der Waals surface area (Å²) in [5.41, 5.74) is 5.84. The first-order chi connectivity index (χ1) is 8.87. The first-order valence-electron chi connectivity index (χ1n) is 6.77. The summed E-state index contributed by atoms with van der Waals surface area (Å²) in [6.07, 6.45) is 3.40. The third-order valence-corrected chi connectivity index (χ3v) is 3.88. The highest BCUT2D eigenvalue weighted by molar-refractivity contribution is 7.09. The molecule has 2 unspecified atom stereocenters. The van der Waals surface area contributed by atoms with Crippen molar-refractivity contribution in [1.29, 1.82) is 0 Å². The zero-order valence-electron chi connectivity index (χ0n) is 12.3. The fourth-order valence-electron chi connectivity index (χ4n) is 2.06. The van der Waals surface area contributed by atoms with E-state index in [-0.39, 0.29) is 23.3 Å². The lowest BCUT2D eigenvalue weighted by atomic mass is 9.84. The number of hydrogen-bond donors (Lipinski definition) is 2. The molecular formula is C14H25N3OS. The highest BCUT2D eigenvalue weighted by Crippen LogP contribution is 2.25. The van der Waals surface area contributed by atoms with Crippen molar-refractivity contribution in [1.82, 2.24) is 10.3 Å². The smallest absolute Gasteiger partial charge is 0.224 e. The van der Waals surface area contributed by atoms with E-state index in [1.807, 2.05) is 12.3 Å². The van der Waals surface area contributed by atoms with E-state index in [0.29, 0.717) is 6.54 Å². The standard InChI is InChI=1S/C14H25N3OS/c1-5-11(13-16-6-7-19-13)17-12(18)10(9-15)8-14(2,3)4/h6-7,10-11H,5,8-9,15H2,1-4H3,(H,17,18). The minimum Gasteiger partial charge on any atom is -0.347 e. The molecule has 0 spiro atoms. The minimum atomic E-state index is -0.131. The van der Waals surface area contributed by atoms with Crippen molar-refractivity contribution in [2.45, 2.75) is 46.6 Å². The molecule has 19 heavy (non-hydrogen) atoms. The topological polar surface area (TPSA) is 68.0 Å². The number of thiazole rings is 1. The maximum Gasteiger partial charge on any atom is 0.224 e. The van der Waals surface area contributed by atoms with Crippen LogP contribution < -0.4 is 11.1 Å². The Labute approximate surface area is 119 Å². The molecule has 3 N–H and O–H groups in total. The molecular weight excluding hydrogens is 258 g/mol. The first-order valence-corrected chi connectivity index (χ1v) is 7.65. The van der Waals surface area contributed by atoms with Crippen LogP contribution in [0.5, 0.6) is 0 Å². The number of hydrogen-bond acceptors (Lipinski definition) is 4. The van der Waals surface area contributed by atoms with Gasteiger partial charge in [-0.15, -0.1) is 11.3 Å². The van der Waals surface area contributed by atoms with Gasteiger partial charge in [0.05, 0.1) is 12.0 Å². The van der Waals surface area contributed by atoms with E-state index in [0.717, 1.165) is 17.8 Å². The Balaban J connectivity index is 2.65. The van der Waals surface area contributed by atoms with Gasteiger partial charge in [-0.2, -0.15) is 0 Å². The Hall–Kier alpha value is -0.940. The molecule has 0 aromatic carbocycles. The number of carbonyl (C=O) groups is 1. The van der Waals surface area contributed by atoms with Crippen LogP contribution in [0.3, 0.4) is 0 Å². The number of aromatic nitrogens is 1. The molecule has 0 bridgehead atoms. The second-order valence-electron chi connectivity index (χ2n) is 6.04. The summed E-state index contributed by atoms with van der Waals surface area (Å²) >= 11 is 1.57. The van der Waals surface area contributed by atoms with Crippen molar-refractivity contribution in [3.63, 3.8) is 0 Å². The van der Waals surface area contributed by atoms with E-state index in [2.05, 4.69) is 31.1 Å². The van der Waals surface area contributed by atoms with E-state index >= 15 is 0 Å². The zero-order valence-corrected chi connectivity index (χ0v) is 13.1. The fraction of sp³-hybridized carbons (Fsp3) is 0.714. The molecule has 0 fully saturated rings. The van der Waals surface area contributed by atoms with Gasteiger partial charge in [-0.05, 0) is 18.3 Å². The molecule has 0 aliphatic rings. The summed E-state index contributed by atoms with van der Waals surface area (Å²) in [6, 6.07) is 0.00141. The lowest BCUT2D eigenvalue weighted by Crippen LogP contribution is -2.39. The Morgan fingerprint density at radius 2 is 2.21 bits per heavy atom. The predicted molar refractivity (Wildman–Crippen MR) is 79.9 cm³/mol. The Morgan fingerprint density at radius 3 is 2.63 bits per heavy atom. The molecule has 1 amide bonds.